The lowest BCUT2D eigenvalue weighted by molar-refractivity contribution is -0.147. The Morgan fingerprint density at radius 1 is 0.651 bits per heavy atom. The van der Waals surface area contributed by atoms with Gasteiger partial charge in [-0.15, -0.1) is 0 Å². The standard InChI is InChI=1S/C63H80FN11O8/c1-35(43-20-14-15-23-47(43)64)67-57(79)50-31-39-26-27-41(30-40(39)33-74(50)59(81)52(62(4,5)6)71-54(76)36(2)65-10)68-56(78)46-22-17-25-49-45(46)28-29-73(49)61(83)69-42-32-51(58(80)70-48-24-16-19-38-18-12-13-21-44(38)48)75(34-42)60(82)53(63(7,8)9)72-55(77)37(3)66-11/h12-15,17-18,20-23,25-30,35-37,42,48,50-53,65-66H,16,19,24,31-34H2,1-11H3,(H,67,79)(H,68,78)(H,69,83)(H,70,80)(H,71,76)(H,72,77)/t35-,36+,37+,42+,48-,50+,51+,52?,53-/m1/s1. The molecule has 1 unspecified atom stereocenters. The van der Waals surface area contributed by atoms with E-state index in [0.29, 0.717) is 22.2 Å². The first-order chi connectivity index (χ1) is 39.3. The third-order valence-electron chi connectivity index (χ3n) is 16.5. The summed E-state index contributed by atoms with van der Waals surface area (Å²) in [4.78, 5) is 117. The topological polar surface area (TPSA) is 244 Å². The van der Waals surface area contributed by atoms with Gasteiger partial charge >= 0.3 is 6.03 Å². The predicted octanol–water partition coefficient (Wildman–Crippen LogP) is 6.16. The highest BCUT2D eigenvalue weighted by Crippen LogP contribution is 2.34. The van der Waals surface area contributed by atoms with Crippen LogP contribution in [0.1, 0.15) is 132 Å². The molecule has 8 rings (SSSR count). The van der Waals surface area contributed by atoms with Crippen molar-refractivity contribution in [3.05, 3.63) is 136 Å². The van der Waals surface area contributed by atoms with E-state index in [4.69, 9.17) is 0 Å². The van der Waals surface area contributed by atoms with Crippen molar-refractivity contribution >= 4 is 64.0 Å². The van der Waals surface area contributed by atoms with Crippen LogP contribution in [0.15, 0.2) is 97.2 Å². The molecule has 0 spiro atoms. The normalized spacial score (nSPS) is 19.7. The number of halogens is 1. The van der Waals surface area contributed by atoms with E-state index in [0.717, 1.165) is 36.0 Å². The molecule has 1 saturated heterocycles. The average Bonchev–Trinajstić information content (AvgIpc) is 3.92. The van der Waals surface area contributed by atoms with Crippen LogP contribution in [0.4, 0.5) is 14.9 Å². The van der Waals surface area contributed by atoms with Crippen LogP contribution in [-0.2, 0) is 48.2 Å². The molecular weight excluding hydrogens is 1060 g/mol. The lowest BCUT2D eigenvalue weighted by Crippen LogP contribution is -2.62. The quantitative estimate of drug-likeness (QED) is 0.0559. The number of nitrogens with one attached hydrogen (secondary N) is 8. The van der Waals surface area contributed by atoms with Crippen molar-refractivity contribution in [1.29, 1.82) is 0 Å². The van der Waals surface area contributed by atoms with Crippen molar-refractivity contribution < 1.29 is 42.7 Å². The van der Waals surface area contributed by atoms with E-state index in [1.54, 1.807) is 102 Å². The van der Waals surface area contributed by atoms with E-state index in [1.807, 2.05) is 59.7 Å². The van der Waals surface area contributed by atoms with Gasteiger partial charge in [0.25, 0.3) is 5.91 Å². The highest BCUT2D eigenvalue weighted by atomic mass is 19.1. The Labute approximate surface area is 485 Å². The number of carbonyl (C=O) groups is 8. The van der Waals surface area contributed by atoms with Gasteiger partial charge in [0.1, 0.15) is 30.0 Å². The number of rotatable bonds is 16. The highest BCUT2D eigenvalue weighted by Gasteiger charge is 2.47. The van der Waals surface area contributed by atoms with E-state index < -0.39 is 101 Å². The van der Waals surface area contributed by atoms with Crippen molar-refractivity contribution in [2.45, 2.75) is 155 Å². The molecule has 3 aliphatic rings. The first-order valence-corrected chi connectivity index (χ1v) is 28.6. The minimum Gasteiger partial charge on any atom is -0.348 e. The molecule has 20 heteroatoms. The van der Waals surface area contributed by atoms with Crippen molar-refractivity contribution in [2.75, 3.05) is 26.0 Å². The summed E-state index contributed by atoms with van der Waals surface area (Å²) < 4.78 is 16.3. The molecule has 4 aromatic carbocycles. The van der Waals surface area contributed by atoms with Gasteiger partial charge in [-0.3, -0.25) is 38.1 Å². The summed E-state index contributed by atoms with van der Waals surface area (Å²) in [6.07, 6.45) is 4.23. The highest BCUT2D eigenvalue weighted by molar-refractivity contribution is 6.13. The summed E-state index contributed by atoms with van der Waals surface area (Å²) in [5, 5.41) is 24.3. The van der Waals surface area contributed by atoms with Crippen LogP contribution in [-0.4, -0.2) is 125 Å². The van der Waals surface area contributed by atoms with E-state index in [9.17, 15) is 42.7 Å². The fraction of sp³-hybridized carbons (Fsp3) is 0.460. The molecule has 0 bridgehead atoms. The second kappa shape index (κ2) is 25.3. The Balaban J connectivity index is 1.02. The van der Waals surface area contributed by atoms with Crippen LogP contribution < -0.4 is 42.5 Å². The Hall–Kier alpha value is -7.97. The molecule has 1 aliphatic carbocycles. The van der Waals surface area contributed by atoms with E-state index in [-0.39, 0.29) is 54.9 Å². The third kappa shape index (κ3) is 13.6. The zero-order valence-electron chi connectivity index (χ0n) is 49.4. The average molecular weight is 1140 g/mol. The summed E-state index contributed by atoms with van der Waals surface area (Å²) >= 11 is 0. The zero-order chi connectivity index (χ0) is 60.2. The van der Waals surface area contributed by atoms with E-state index in [1.165, 1.54) is 20.4 Å². The number of hydrogen-bond acceptors (Lipinski definition) is 10. The molecule has 0 saturated carbocycles. The Morgan fingerprint density at radius 3 is 1.94 bits per heavy atom. The number of likely N-dealkylation sites (N-methyl/N-ethyl adjacent to an activating group) is 2. The zero-order valence-corrected chi connectivity index (χ0v) is 49.4. The van der Waals surface area contributed by atoms with Gasteiger partial charge < -0.3 is 52.3 Å². The van der Waals surface area contributed by atoms with Gasteiger partial charge in [0.2, 0.25) is 35.4 Å². The number of fused-ring (bicyclic) bond motifs is 3. The molecule has 9 atom stereocenters. The van der Waals surface area contributed by atoms with Gasteiger partial charge in [-0.05, 0) is 130 Å². The fourth-order valence-electron chi connectivity index (χ4n) is 11.4. The molecule has 83 heavy (non-hydrogen) atoms. The molecule has 1 fully saturated rings. The van der Waals surface area contributed by atoms with Crippen molar-refractivity contribution in [3.8, 4) is 0 Å². The second-order valence-corrected chi connectivity index (χ2v) is 24.5. The summed E-state index contributed by atoms with van der Waals surface area (Å²) in [7, 11) is 3.29. The van der Waals surface area contributed by atoms with Crippen molar-refractivity contribution in [3.63, 3.8) is 0 Å². The van der Waals surface area contributed by atoms with Gasteiger partial charge in [-0.25, -0.2) is 9.18 Å². The largest absolute Gasteiger partial charge is 0.348 e. The predicted molar refractivity (Wildman–Crippen MR) is 315 cm³/mol. The van der Waals surface area contributed by atoms with Crippen molar-refractivity contribution in [2.24, 2.45) is 10.8 Å². The molecular formula is C63H80FN11O8. The van der Waals surface area contributed by atoms with Gasteiger partial charge in [-0.1, -0.05) is 96.1 Å². The second-order valence-electron chi connectivity index (χ2n) is 24.5. The SMILES string of the molecule is CN[C@@H](C)C(=O)NC(C(=O)N1Cc2cc(NC(=O)c3cccc4c3ccn4C(=O)N[C@H]3C[C@@H](C(=O)N[C@@H]4CCCc5ccccc54)N(C(=O)[C@@H](NC(=O)[C@H](C)NC)C(C)(C)C)C3)ccc2C[C@H]1C(=O)N[C@H](C)c1ccccc1F)C(C)(C)C. The number of anilines is 1. The molecule has 1 aromatic heterocycles. The molecule has 2 aliphatic heterocycles. The van der Waals surface area contributed by atoms with Crippen LogP contribution in [0.25, 0.3) is 10.9 Å². The molecule has 8 amide bonds. The van der Waals surface area contributed by atoms with E-state index >= 15 is 0 Å². The number of benzene rings is 4. The summed E-state index contributed by atoms with van der Waals surface area (Å²) in [6, 6.07) is 18.5. The van der Waals surface area contributed by atoms with Crippen molar-refractivity contribution in [1.82, 2.24) is 51.6 Å². The fourth-order valence-corrected chi connectivity index (χ4v) is 11.4. The first kappa shape index (κ1) is 61.1. The van der Waals surface area contributed by atoms with Crippen LogP contribution in [0.5, 0.6) is 0 Å². The summed E-state index contributed by atoms with van der Waals surface area (Å²) in [5.41, 5.74) is 3.39. The monoisotopic (exact) mass is 1140 g/mol. The molecule has 19 nitrogen and oxygen atoms in total. The lowest BCUT2D eigenvalue weighted by atomic mass is 9.84. The van der Waals surface area contributed by atoms with Gasteiger partial charge in [0.15, 0.2) is 0 Å². The Kier molecular flexibility index (Phi) is 18.6. The lowest BCUT2D eigenvalue weighted by Gasteiger charge is -2.41. The Bertz CT molecular complexity index is 3290. The number of nitrogens with zero attached hydrogens (tertiary/aromatic N) is 3. The van der Waals surface area contributed by atoms with Crippen LogP contribution in [0.2, 0.25) is 0 Å². The summed E-state index contributed by atoms with van der Waals surface area (Å²) in [6.45, 7) is 16.0. The number of amides is 8. The summed E-state index contributed by atoms with van der Waals surface area (Å²) in [5.74, 6) is -3.56. The number of aryl methyl sites for hydroxylation is 1. The minimum absolute atomic E-state index is 0.0142. The molecule has 3 heterocycles. The van der Waals surface area contributed by atoms with Crippen LogP contribution in [0.3, 0.4) is 0 Å². The van der Waals surface area contributed by atoms with Gasteiger partial charge in [0.05, 0.1) is 35.7 Å². The maximum absolute atomic E-state index is 14.9. The minimum atomic E-state index is -1.05. The smallest absolute Gasteiger partial charge is 0.326 e. The molecule has 5 aromatic rings. The van der Waals surface area contributed by atoms with E-state index in [2.05, 4.69) is 48.6 Å². The first-order valence-electron chi connectivity index (χ1n) is 28.6. The number of hydrogen-bond donors (Lipinski definition) is 8. The molecule has 8 N–H and O–H groups in total. The number of aromatic nitrogens is 1. The molecule has 0 radical (unpaired) electrons. The van der Waals surface area contributed by atoms with Crippen LogP contribution >= 0.6 is 0 Å². The number of likely N-dealkylation sites (tertiary alicyclic amines) is 1. The Morgan fingerprint density at radius 2 is 1.29 bits per heavy atom. The third-order valence-corrected chi connectivity index (χ3v) is 16.5. The number of carbonyl (C=O) groups excluding carboxylic acids is 8. The van der Waals surface area contributed by atoms with Gasteiger partial charge in [0, 0.05) is 47.9 Å². The van der Waals surface area contributed by atoms with Crippen LogP contribution in [0, 0.1) is 16.6 Å². The molecule has 442 valence electrons. The maximum atomic E-state index is 14.9. The van der Waals surface area contributed by atoms with Gasteiger partial charge in [-0.2, -0.15) is 0 Å². The maximum Gasteiger partial charge on any atom is 0.326 e.